The number of aliphatic hydroxyl groups is 1. The van der Waals surface area contributed by atoms with Crippen molar-refractivity contribution in [1.29, 1.82) is 0 Å². The molecule has 0 radical (unpaired) electrons. The summed E-state index contributed by atoms with van der Waals surface area (Å²) in [6, 6.07) is 4.11. The van der Waals surface area contributed by atoms with Gasteiger partial charge in [-0.05, 0) is 51.8 Å². The normalized spacial score (nSPS) is 27.0. The van der Waals surface area contributed by atoms with Crippen LogP contribution < -0.4 is 5.73 Å². The number of furan rings is 1. The van der Waals surface area contributed by atoms with Gasteiger partial charge in [-0.15, -0.1) is 0 Å². The standard InChI is InChI=1S/C14H24N2O2/c1-9-4-5-13(18-9)14(10(2)15)16(3)8-11-6-12(17)7-11/h4-5,10-12,14,17H,6-8,15H2,1-3H3. The van der Waals surface area contributed by atoms with E-state index in [1.165, 1.54) is 0 Å². The highest BCUT2D eigenvalue weighted by molar-refractivity contribution is 5.11. The smallest absolute Gasteiger partial charge is 0.122 e. The monoisotopic (exact) mass is 252 g/mol. The zero-order chi connectivity index (χ0) is 13.3. The molecule has 2 unspecified atom stereocenters. The van der Waals surface area contributed by atoms with Crippen LogP contribution in [0.1, 0.15) is 37.3 Å². The first kappa shape index (κ1) is 13.6. The summed E-state index contributed by atoms with van der Waals surface area (Å²) < 4.78 is 5.71. The SMILES string of the molecule is Cc1ccc(C(C(C)N)N(C)CC2CC(O)C2)o1. The molecule has 18 heavy (non-hydrogen) atoms. The molecule has 3 N–H and O–H groups in total. The molecule has 1 aliphatic rings. The Hall–Kier alpha value is -0.840. The maximum atomic E-state index is 9.34. The van der Waals surface area contributed by atoms with Crippen LogP contribution in [0.2, 0.25) is 0 Å². The van der Waals surface area contributed by atoms with E-state index in [2.05, 4.69) is 11.9 Å². The average Bonchev–Trinajstić information content (AvgIpc) is 2.62. The van der Waals surface area contributed by atoms with Crippen LogP contribution >= 0.6 is 0 Å². The van der Waals surface area contributed by atoms with Crippen LogP contribution in [0.4, 0.5) is 0 Å². The molecule has 2 rings (SSSR count). The fraction of sp³-hybridized carbons (Fsp3) is 0.714. The fourth-order valence-corrected chi connectivity index (χ4v) is 2.86. The van der Waals surface area contributed by atoms with Crippen LogP contribution in [-0.4, -0.2) is 35.7 Å². The van der Waals surface area contributed by atoms with Crippen molar-refractivity contribution < 1.29 is 9.52 Å². The van der Waals surface area contributed by atoms with E-state index >= 15 is 0 Å². The van der Waals surface area contributed by atoms with Gasteiger partial charge < -0.3 is 15.3 Å². The molecule has 4 nitrogen and oxygen atoms in total. The van der Waals surface area contributed by atoms with Crippen molar-refractivity contribution in [3.05, 3.63) is 23.7 Å². The number of aryl methyl sites for hydroxylation is 1. The largest absolute Gasteiger partial charge is 0.465 e. The molecule has 0 spiro atoms. The number of hydrogen-bond donors (Lipinski definition) is 2. The maximum absolute atomic E-state index is 9.34. The van der Waals surface area contributed by atoms with Crippen LogP contribution in [0.15, 0.2) is 16.5 Å². The molecule has 1 aromatic heterocycles. The van der Waals surface area contributed by atoms with E-state index in [0.29, 0.717) is 5.92 Å². The van der Waals surface area contributed by atoms with Crippen LogP contribution in [0.3, 0.4) is 0 Å². The first-order valence-corrected chi connectivity index (χ1v) is 6.67. The minimum atomic E-state index is -0.0944. The van der Waals surface area contributed by atoms with Crippen molar-refractivity contribution in [2.24, 2.45) is 11.7 Å². The Kier molecular flexibility index (Phi) is 4.10. The summed E-state index contributed by atoms with van der Waals surface area (Å²) in [6.07, 6.45) is 1.73. The van der Waals surface area contributed by atoms with E-state index in [1.54, 1.807) is 0 Å². The van der Waals surface area contributed by atoms with Crippen LogP contribution in [0.5, 0.6) is 0 Å². The van der Waals surface area contributed by atoms with Crippen molar-refractivity contribution in [3.8, 4) is 0 Å². The first-order chi connectivity index (χ1) is 8.47. The summed E-state index contributed by atoms with van der Waals surface area (Å²) in [5.41, 5.74) is 6.09. The molecule has 2 atom stereocenters. The number of hydrogen-bond acceptors (Lipinski definition) is 4. The molecule has 1 saturated carbocycles. The molecule has 0 aliphatic heterocycles. The van der Waals surface area contributed by atoms with E-state index in [1.807, 2.05) is 26.0 Å². The molecule has 1 aromatic rings. The summed E-state index contributed by atoms with van der Waals surface area (Å²) in [7, 11) is 2.08. The van der Waals surface area contributed by atoms with E-state index in [4.69, 9.17) is 10.2 Å². The number of rotatable bonds is 5. The molecule has 0 amide bonds. The molecule has 1 fully saturated rings. The topological polar surface area (TPSA) is 62.6 Å². The quantitative estimate of drug-likeness (QED) is 0.837. The Bertz CT molecular complexity index is 383. The predicted molar refractivity (Wildman–Crippen MR) is 71.2 cm³/mol. The number of nitrogens with two attached hydrogens (primary N) is 1. The second-order valence-electron chi connectivity index (χ2n) is 5.68. The number of nitrogens with zero attached hydrogens (tertiary/aromatic N) is 1. The van der Waals surface area contributed by atoms with Crippen LogP contribution in [0, 0.1) is 12.8 Å². The molecular formula is C14H24N2O2. The third-order valence-electron chi connectivity index (χ3n) is 3.78. The van der Waals surface area contributed by atoms with Crippen LogP contribution in [0.25, 0.3) is 0 Å². The summed E-state index contributed by atoms with van der Waals surface area (Å²) >= 11 is 0. The van der Waals surface area contributed by atoms with Crippen molar-refractivity contribution in [1.82, 2.24) is 4.90 Å². The molecule has 1 heterocycles. The third-order valence-corrected chi connectivity index (χ3v) is 3.78. The predicted octanol–water partition coefficient (Wildman–Crippen LogP) is 1.68. The van der Waals surface area contributed by atoms with Gasteiger partial charge in [0.05, 0.1) is 12.1 Å². The lowest BCUT2D eigenvalue weighted by Crippen LogP contribution is -2.43. The highest BCUT2D eigenvalue weighted by Crippen LogP contribution is 2.31. The van der Waals surface area contributed by atoms with E-state index in [-0.39, 0.29) is 18.2 Å². The highest BCUT2D eigenvalue weighted by Gasteiger charge is 2.32. The van der Waals surface area contributed by atoms with Gasteiger partial charge in [0.15, 0.2) is 0 Å². The molecule has 0 aromatic carbocycles. The Morgan fingerprint density at radius 3 is 2.61 bits per heavy atom. The van der Waals surface area contributed by atoms with E-state index in [0.717, 1.165) is 30.9 Å². The lowest BCUT2D eigenvalue weighted by atomic mass is 9.82. The summed E-state index contributed by atoms with van der Waals surface area (Å²) in [5.74, 6) is 2.44. The minimum absolute atomic E-state index is 0.0190. The molecule has 102 valence electrons. The lowest BCUT2D eigenvalue weighted by Gasteiger charge is -2.38. The molecular weight excluding hydrogens is 228 g/mol. The van der Waals surface area contributed by atoms with E-state index in [9.17, 15) is 5.11 Å². The average molecular weight is 252 g/mol. The molecule has 1 aliphatic carbocycles. The Morgan fingerprint density at radius 1 is 1.50 bits per heavy atom. The summed E-state index contributed by atoms with van der Waals surface area (Å²) in [5, 5.41) is 9.34. The van der Waals surface area contributed by atoms with Gasteiger partial charge in [-0.1, -0.05) is 0 Å². The van der Waals surface area contributed by atoms with Gasteiger partial charge >= 0.3 is 0 Å². The minimum Gasteiger partial charge on any atom is -0.465 e. The van der Waals surface area contributed by atoms with Gasteiger partial charge in [0.25, 0.3) is 0 Å². The number of likely N-dealkylation sites (N-methyl/N-ethyl adjacent to an activating group) is 1. The van der Waals surface area contributed by atoms with Crippen molar-refractivity contribution in [2.75, 3.05) is 13.6 Å². The van der Waals surface area contributed by atoms with E-state index < -0.39 is 0 Å². The Morgan fingerprint density at radius 2 is 2.17 bits per heavy atom. The first-order valence-electron chi connectivity index (χ1n) is 6.67. The van der Waals surface area contributed by atoms with Gasteiger partial charge in [0.2, 0.25) is 0 Å². The van der Waals surface area contributed by atoms with Gasteiger partial charge in [-0.2, -0.15) is 0 Å². The molecule has 4 heteroatoms. The zero-order valence-electron chi connectivity index (χ0n) is 11.5. The number of aliphatic hydroxyl groups excluding tert-OH is 1. The van der Waals surface area contributed by atoms with Gasteiger partial charge in [0.1, 0.15) is 11.5 Å². The lowest BCUT2D eigenvalue weighted by molar-refractivity contribution is 0.0184. The van der Waals surface area contributed by atoms with Crippen molar-refractivity contribution in [2.45, 2.75) is 44.9 Å². The van der Waals surface area contributed by atoms with Gasteiger partial charge in [-0.3, -0.25) is 4.90 Å². The summed E-state index contributed by atoms with van der Waals surface area (Å²) in [4.78, 5) is 2.25. The second-order valence-corrected chi connectivity index (χ2v) is 5.68. The van der Waals surface area contributed by atoms with Crippen LogP contribution in [-0.2, 0) is 0 Å². The maximum Gasteiger partial charge on any atom is 0.122 e. The third kappa shape index (κ3) is 2.94. The fourth-order valence-electron chi connectivity index (χ4n) is 2.86. The second kappa shape index (κ2) is 5.43. The Labute approximate surface area is 109 Å². The van der Waals surface area contributed by atoms with Gasteiger partial charge in [-0.25, -0.2) is 0 Å². The highest BCUT2D eigenvalue weighted by atomic mass is 16.3. The summed E-state index contributed by atoms with van der Waals surface area (Å²) in [6.45, 7) is 4.92. The molecule has 0 saturated heterocycles. The van der Waals surface area contributed by atoms with Crippen molar-refractivity contribution in [3.63, 3.8) is 0 Å². The Balaban J connectivity index is 2.01. The zero-order valence-corrected chi connectivity index (χ0v) is 11.5. The molecule has 0 bridgehead atoms. The van der Waals surface area contributed by atoms with Gasteiger partial charge in [0, 0.05) is 12.6 Å². The van der Waals surface area contributed by atoms with Crippen molar-refractivity contribution >= 4 is 0 Å².